The van der Waals surface area contributed by atoms with Crippen LogP contribution in [0.4, 0.5) is 5.69 Å². The first-order chi connectivity index (χ1) is 14.1. The van der Waals surface area contributed by atoms with E-state index in [9.17, 15) is 5.11 Å². The van der Waals surface area contributed by atoms with Crippen LogP contribution in [0.25, 0.3) is 11.5 Å². The van der Waals surface area contributed by atoms with E-state index >= 15 is 0 Å². The first kappa shape index (κ1) is 19.0. The molecule has 2 heterocycles. The molecule has 0 spiro atoms. The summed E-state index contributed by atoms with van der Waals surface area (Å²) in [6.07, 6.45) is 3.68. The van der Waals surface area contributed by atoms with Gasteiger partial charge in [-0.2, -0.15) is 4.57 Å². The van der Waals surface area contributed by atoms with Gasteiger partial charge in [0.2, 0.25) is 0 Å². The van der Waals surface area contributed by atoms with Gasteiger partial charge in [-0.25, -0.2) is 0 Å². The van der Waals surface area contributed by atoms with Crippen LogP contribution in [0.3, 0.4) is 0 Å². The first-order valence-electron chi connectivity index (χ1n) is 9.30. The highest BCUT2D eigenvalue weighted by Gasteiger charge is 2.25. The molecule has 0 bridgehead atoms. The number of nitrogens with one attached hydrogen (secondary N) is 1. The number of rotatable bonds is 4. The van der Waals surface area contributed by atoms with E-state index in [-0.39, 0.29) is 5.76 Å². The fraction of sp³-hybridized carbons (Fsp3) is 0.130. The predicted molar refractivity (Wildman–Crippen MR) is 117 cm³/mol. The number of pyridine rings is 1. The second-order valence-electron chi connectivity index (χ2n) is 6.66. The van der Waals surface area contributed by atoms with Crippen molar-refractivity contribution in [2.45, 2.75) is 6.92 Å². The summed E-state index contributed by atoms with van der Waals surface area (Å²) < 4.78 is 13.0. The summed E-state index contributed by atoms with van der Waals surface area (Å²) >= 11 is 5.67. The number of nitrogens with zero attached hydrogens (tertiary/aromatic N) is 1. The quantitative estimate of drug-likeness (QED) is 0.292. The Kier molecular flexibility index (Phi) is 5.44. The molecule has 0 fully saturated rings. The van der Waals surface area contributed by atoms with Crippen molar-refractivity contribution in [3.63, 3.8) is 0 Å². The monoisotopic (exact) mass is 405 g/mol. The van der Waals surface area contributed by atoms with Crippen molar-refractivity contribution in [3.8, 4) is 11.5 Å². The van der Waals surface area contributed by atoms with Crippen LogP contribution >= 0.6 is 12.2 Å². The minimum Gasteiger partial charge on any atom is -0.502 e. The molecule has 0 saturated heterocycles. The van der Waals surface area contributed by atoms with Crippen LogP contribution in [0.15, 0.2) is 73.1 Å². The summed E-state index contributed by atoms with van der Waals surface area (Å²) in [5.74, 6) is 1.32. The third-order valence-electron chi connectivity index (χ3n) is 4.50. The van der Waals surface area contributed by atoms with Crippen LogP contribution in [0.5, 0.6) is 11.5 Å². The first-order valence-corrected chi connectivity index (χ1v) is 9.70. The molecule has 6 heteroatoms. The minimum atomic E-state index is 0.0447. The molecule has 0 amide bonds. The van der Waals surface area contributed by atoms with Crippen LogP contribution in [0, 0.1) is 6.92 Å². The van der Waals surface area contributed by atoms with Crippen molar-refractivity contribution in [1.82, 2.24) is 0 Å². The maximum atomic E-state index is 11.2. The Labute approximate surface area is 174 Å². The standard InChI is InChI=1S/C23H20N2O3S/c1-16-6-5-7-18(14-16)24-23(29)21(25-10-3-2-4-11-25)22(26)17-8-9-19-20(15-17)28-13-12-27-19/h2-11,14-15H,12-13H2,1H3,(H-,24,26,29)/p+1. The lowest BCUT2D eigenvalue weighted by molar-refractivity contribution is -0.575. The number of fused-ring (bicyclic) bond motifs is 1. The molecular weight excluding hydrogens is 384 g/mol. The summed E-state index contributed by atoms with van der Waals surface area (Å²) in [4.78, 5) is 0.402. The van der Waals surface area contributed by atoms with Gasteiger partial charge in [0.15, 0.2) is 34.6 Å². The average molecular weight is 405 g/mol. The van der Waals surface area contributed by atoms with Gasteiger partial charge in [0.25, 0.3) is 5.70 Å². The maximum absolute atomic E-state index is 11.2. The Bertz CT molecular complexity index is 1080. The van der Waals surface area contributed by atoms with E-state index < -0.39 is 0 Å². The van der Waals surface area contributed by atoms with Gasteiger partial charge in [-0.3, -0.25) is 0 Å². The lowest BCUT2D eigenvalue weighted by atomic mass is 10.1. The molecule has 0 aliphatic carbocycles. The van der Waals surface area contributed by atoms with Crippen molar-refractivity contribution in [1.29, 1.82) is 0 Å². The molecule has 146 valence electrons. The van der Waals surface area contributed by atoms with Gasteiger partial charge >= 0.3 is 0 Å². The molecule has 5 nitrogen and oxygen atoms in total. The SMILES string of the molecule is Cc1cccc(NC(=S)/C(=C(/O)c2ccc3c(c2)OCCO3)[n+]2ccccc2)c1. The van der Waals surface area contributed by atoms with Crippen LogP contribution in [-0.2, 0) is 0 Å². The van der Waals surface area contributed by atoms with E-state index in [1.54, 1.807) is 22.8 Å². The molecule has 29 heavy (non-hydrogen) atoms. The molecule has 0 atom stereocenters. The van der Waals surface area contributed by atoms with Gasteiger partial charge in [-0.15, -0.1) is 0 Å². The number of benzene rings is 2. The number of hydrogen-bond acceptors (Lipinski definition) is 4. The number of hydrogen-bond donors (Lipinski definition) is 2. The highest BCUT2D eigenvalue weighted by molar-refractivity contribution is 7.81. The topological polar surface area (TPSA) is 54.6 Å². The third-order valence-corrected chi connectivity index (χ3v) is 4.80. The van der Waals surface area contributed by atoms with E-state index in [0.29, 0.717) is 41.0 Å². The normalized spacial score (nSPS) is 13.4. The number of ether oxygens (including phenoxy) is 2. The third kappa shape index (κ3) is 4.22. The molecular formula is C23H21N2O3S+. The van der Waals surface area contributed by atoms with E-state index in [2.05, 4.69) is 5.32 Å². The summed E-state index contributed by atoms with van der Waals surface area (Å²) in [6, 6.07) is 18.9. The van der Waals surface area contributed by atoms with Gasteiger partial charge < -0.3 is 19.9 Å². The summed E-state index contributed by atoms with van der Waals surface area (Å²) in [6.45, 7) is 3.02. The number of aliphatic hydroxyl groups excluding tert-OH is 1. The molecule has 2 aromatic carbocycles. The van der Waals surface area contributed by atoms with E-state index in [4.69, 9.17) is 21.7 Å². The van der Waals surface area contributed by atoms with E-state index in [1.165, 1.54) is 0 Å². The molecule has 1 aliphatic heterocycles. The number of anilines is 1. The van der Waals surface area contributed by atoms with Crippen molar-refractivity contribution in [3.05, 3.63) is 84.2 Å². The molecule has 4 rings (SSSR count). The Morgan fingerprint density at radius 1 is 0.966 bits per heavy atom. The predicted octanol–water partition coefficient (Wildman–Crippen LogP) is 4.38. The summed E-state index contributed by atoms with van der Waals surface area (Å²) in [7, 11) is 0. The summed E-state index contributed by atoms with van der Waals surface area (Å²) in [5.41, 5.74) is 3.04. The lowest BCUT2D eigenvalue weighted by Gasteiger charge is -2.19. The number of aromatic nitrogens is 1. The van der Waals surface area contributed by atoms with Crippen molar-refractivity contribution in [2.24, 2.45) is 0 Å². The number of thiocarbonyl (C=S) groups is 1. The van der Waals surface area contributed by atoms with Crippen molar-refractivity contribution >= 4 is 34.3 Å². The van der Waals surface area contributed by atoms with E-state index in [0.717, 1.165) is 11.3 Å². The van der Waals surface area contributed by atoms with Gasteiger partial charge in [0, 0.05) is 23.4 Å². The van der Waals surface area contributed by atoms with Gasteiger partial charge in [-0.1, -0.05) is 30.4 Å². The van der Waals surface area contributed by atoms with Crippen LogP contribution in [0.1, 0.15) is 11.1 Å². The zero-order valence-electron chi connectivity index (χ0n) is 16.0. The smallest absolute Gasteiger partial charge is 0.288 e. The van der Waals surface area contributed by atoms with Crippen molar-refractivity contribution in [2.75, 3.05) is 18.5 Å². The fourth-order valence-electron chi connectivity index (χ4n) is 3.14. The van der Waals surface area contributed by atoms with Crippen molar-refractivity contribution < 1.29 is 19.1 Å². The van der Waals surface area contributed by atoms with Crippen LogP contribution < -0.4 is 19.4 Å². The second-order valence-corrected chi connectivity index (χ2v) is 7.07. The Balaban J connectivity index is 1.76. The average Bonchev–Trinajstić information content (AvgIpc) is 2.74. The van der Waals surface area contributed by atoms with Gasteiger partial charge in [-0.05, 0) is 42.8 Å². The van der Waals surface area contributed by atoms with Crippen LogP contribution in [0.2, 0.25) is 0 Å². The Morgan fingerprint density at radius 3 is 2.48 bits per heavy atom. The summed E-state index contributed by atoms with van der Waals surface area (Å²) in [5, 5.41) is 14.4. The fourth-order valence-corrected chi connectivity index (χ4v) is 3.46. The zero-order chi connectivity index (χ0) is 20.2. The largest absolute Gasteiger partial charge is 0.502 e. The Hall–Kier alpha value is -3.38. The lowest BCUT2D eigenvalue weighted by Crippen LogP contribution is -2.38. The molecule has 1 aromatic heterocycles. The maximum Gasteiger partial charge on any atom is 0.288 e. The molecule has 0 saturated carbocycles. The van der Waals surface area contributed by atoms with Crippen LogP contribution in [-0.4, -0.2) is 23.3 Å². The molecule has 0 radical (unpaired) electrons. The zero-order valence-corrected chi connectivity index (χ0v) is 16.8. The minimum absolute atomic E-state index is 0.0447. The molecule has 2 N–H and O–H groups in total. The number of aryl methyl sites for hydroxylation is 1. The Morgan fingerprint density at radius 2 is 1.72 bits per heavy atom. The van der Waals surface area contributed by atoms with E-state index in [1.807, 2.05) is 61.8 Å². The molecule has 1 aliphatic rings. The number of aliphatic hydroxyl groups is 1. The van der Waals surface area contributed by atoms with Gasteiger partial charge in [0.1, 0.15) is 13.2 Å². The molecule has 3 aromatic rings. The second kappa shape index (κ2) is 8.32. The molecule has 0 unspecified atom stereocenters. The highest BCUT2D eigenvalue weighted by atomic mass is 32.1. The van der Waals surface area contributed by atoms with Gasteiger partial charge in [0.05, 0.1) is 0 Å². The highest BCUT2D eigenvalue weighted by Crippen LogP contribution is 2.33.